The number of hydrogen-bond donors (Lipinski definition) is 0. The molecule has 1 aromatic heterocycles. The van der Waals surface area contributed by atoms with Crippen LogP contribution in [-0.4, -0.2) is 43.4 Å². The number of nitriles is 1. The van der Waals surface area contributed by atoms with Crippen LogP contribution in [-0.2, 0) is 9.47 Å². The number of rotatable bonds is 3. The highest BCUT2D eigenvalue weighted by atomic mass is 16.5. The Labute approximate surface area is 147 Å². The Kier molecular flexibility index (Phi) is 4.86. The molecule has 3 rings (SSSR count). The predicted molar refractivity (Wildman–Crippen MR) is 94.7 cm³/mol. The summed E-state index contributed by atoms with van der Waals surface area (Å²) in [6, 6.07) is 6.16. The summed E-state index contributed by atoms with van der Waals surface area (Å²) >= 11 is 0. The Morgan fingerprint density at radius 1 is 1.48 bits per heavy atom. The molecule has 2 aromatic rings. The SMILES string of the molecule is CCOC(=O)c1cnc2c(C)c(C)ccc2c1N1CCOC(C#N)C1. The van der Waals surface area contributed by atoms with Gasteiger partial charge >= 0.3 is 5.97 Å². The number of morpholine rings is 1. The van der Waals surface area contributed by atoms with Gasteiger partial charge in [-0.15, -0.1) is 0 Å². The standard InChI is InChI=1S/C19H21N3O3/c1-4-24-19(23)16-10-21-17-13(3)12(2)5-6-15(17)18(16)22-7-8-25-14(9-20)11-22/h5-6,10,14H,4,7-8,11H2,1-3H3. The third-order valence-corrected chi connectivity index (χ3v) is 4.56. The Morgan fingerprint density at radius 3 is 3.00 bits per heavy atom. The Balaban J connectivity index is 2.20. The van der Waals surface area contributed by atoms with Crippen molar-refractivity contribution < 1.29 is 14.3 Å². The third kappa shape index (κ3) is 3.15. The van der Waals surface area contributed by atoms with Gasteiger partial charge in [-0.25, -0.2) is 4.79 Å². The number of pyridine rings is 1. The normalized spacial score (nSPS) is 17.4. The van der Waals surface area contributed by atoms with Crippen LogP contribution in [0.1, 0.15) is 28.4 Å². The molecule has 2 heterocycles. The molecule has 0 radical (unpaired) electrons. The van der Waals surface area contributed by atoms with Gasteiger partial charge in [-0.1, -0.05) is 12.1 Å². The maximum absolute atomic E-state index is 12.5. The molecule has 1 saturated heterocycles. The zero-order chi connectivity index (χ0) is 18.0. The summed E-state index contributed by atoms with van der Waals surface area (Å²) in [5, 5.41) is 10.1. The van der Waals surface area contributed by atoms with Gasteiger partial charge < -0.3 is 14.4 Å². The lowest BCUT2D eigenvalue weighted by molar-refractivity contribution is 0.0524. The van der Waals surface area contributed by atoms with E-state index in [2.05, 4.69) is 11.1 Å². The van der Waals surface area contributed by atoms with Crippen LogP contribution in [0.15, 0.2) is 18.3 Å². The van der Waals surface area contributed by atoms with Gasteiger partial charge in [-0.3, -0.25) is 4.98 Å². The van der Waals surface area contributed by atoms with Crippen molar-refractivity contribution in [3.8, 4) is 6.07 Å². The van der Waals surface area contributed by atoms with Crippen LogP contribution >= 0.6 is 0 Å². The van der Waals surface area contributed by atoms with Gasteiger partial charge in [0.15, 0.2) is 6.10 Å². The zero-order valence-corrected chi connectivity index (χ0v) is 14.7. The Hall–Kier alpha value is -2.65. The van der Waals surface area contributed by atoms with Crippen molar-refractivity contribution in [1.29, 1.82) is 5.26 Å². The van der Waals surface area contributed by atoms with Crippen LogP contribution < -0.4 is 4.90 Å². The molecule has 0 spiro atoms. The van der Waals surface area contributed by atoms with Crippen LogP contribution in [0.4, 0.5) is 5.69 Å². The summed E-state index contributed by atoms with van der Waals surface area (Å²) in [4.78, 5) is 19.0. The van der Waals surface area contributed by atoms with E-state index in [1.54, 1.807) is 13.1 Å². The van der Waals surface area contributed by atoms with Gasteiger partial charge in [0.2, 0.25) is 0 Å². The summed E-state index contributed by atoms with van der Waals surface area (Å²) in [7, 11) is 0. The zero-order valence-electron chi connectivity index (χ0n) is 14.7. The third-order valence-electron chi connectivity index (χ3n) is 4.56. The van der Waals surface area contributed by atoms with Crippen molar-refractivity contribution >= 4 is 22.6 Å². The molecule has 1 unspecified atom stereocenters. The maximum atomic E-state index is 12.5. The molecule has 6 nitrogen and oxygen atoms in total. The minimum absolute atomic E-state index is 0.299. The molecule has 1 fully saturated rings. The largest absolute Gasteiger partial charge is 0.462 e. The van der Waals surface area contributed by atoms with Crippen LogP contribution in [0.25, 0.3) is 10.9 Å². The van der Waals surface area contributed by atoms with E-state index < -0.39 is 12.1 Å². The number of benzene rings is 1. The number of nitrogens with zero attached hydrogens (tertiary/aromatic N) is 3. The Morgan fingerprint density at radius 2 is 2.28 bits per heavy atom. The van der Waals surface area contributed by atoms with E-state index in [1.165, 1.54) is 0 Å². The molecule has 1 atom stereocenters. The van der Waals surface area contributed by atoms with Gasteiger partial charge in [0.05, 0.1) is 37.0 Å². The topological polar surface area (TPSA) is 75.4 Å². The van der Waals surface area contributed by atoms with Gasteiger partial charge in [0.1, 0.15) is 5.56 Å². The van der Waals surface area contributed by atoms with Crippen molar-refractivity contribution in [2.45, 2.75) is 26.9 Å². The second kappa shape index (κ2) is 7.08. The summed E-state index contributed by atoms with van der Waals surface area (Å²) in [5.74, 6) is -0.398. The fourth-order valence-electron chi connectivity index (χ4n) is 3.12. The number of carbonyl (C=O) groups excluding carboxylic acids is 1. The van der Waals surface area contributed by atoms with Crippen LogP contribution in [0, 0.1) is 25.2 Å². The van der Waals surface area contributed by atoms with Gasteiger partial charge in [-0.2, -0.15) is 5.26 Å². The minimum atomic E-state index is -0.515. The van der Waals surface area contributed by atoms with Gasteiger partial charge in [0.25, 0.3) is 0 Å². The van der Waals surface area contributed by atoms with E-state index in [1.807, 2.05) is 30.9 Å². The highest BCUT2D eigenvalue weighted by molar-refractivity contribution is 6.06. The van der Waals surface area contributed by atoms with Crippen molar-refractivity contribution in [3.05, 3.63) is 35.0 Å². The number of carbonyl (C=O) groups is 1. The quantitative estimate of drug-likeness (QED) is 0.801. The van der Waals surface area contributed by atoms with E-state index in [0.29, 0.717) is 31.9 Å². The summed E-state index contributed by atoms with van der Waals surface area (Å²) < 4.78 is 10.7. The molecule has 0 bridgehead atoms. The number of esters is 1. The van der Waals surface area contributed by atoms with Crippen LogP contribution in [0.2, 0.25) is 0 Å². The highest BCUT2D eigenvalue weighted by Gasteiger charge is 2.27. The minimum Gasteiger partial charge on any atom is -0.462 e. The second-order valence-corrected chi connectivity index (χ2v) is 6.08. The average Bonchev–Trinajstić information content (AvgIpc) is 2.64. The van der Waals surface area contributed by atoms with Gasteiger partial charge in [0, 0.05) is 18.1 Å². The summed E-state index contributed by atoms with van der Waals surface area (Å²) in [5.41, 5.74) is 4.29. The molecule has 0 saturated carbocycles. The molecule has 1 aliphatic rings. The first kappa shape index (κ1) is 17.2. The molecule has 1 aliphatic heterocycles. The van der Waals surface area contributed by atoms with E-state index >= 15 is 0 Å². The predicted octanol–water partition coefficient (Wildman–Crippen LogP) is 2.76. The number of fused-ring (bicyclic) bond motifs is 1. The molecule has 0 N–H and O–H groups in total. The van der Waals surface area contributed by atoms with E-state index in [9.17, 15) is 10.1 Å². The number of ether oxygens (including phenoxy) is 2. The van der Waals surface area contributed by atoms with E-state index in [4.69, 9.17) is 9.47 Å². The first-order valence-corrected chi connectivity index (χ1v) is 8.39. The lowest BCUT2D eigenvalue weighted by atomic mass is 10.0. The molecular formula is C19H21N3O3. The lowest BCUT2D eigenvalue weighted by Gasteiger charge is -2.33. The molecule has 6 heteroatoms. The van der Waals surface area contributed by atoms with Crippen molar-refractivity contribution in [2.24, 2.45) is 0 Å². The average molecular weight is 339 g/mol. The molecule has 130 valence electrons. The van der Waals surface area contributed by atoms with E-state index in [0.717, 1.165) is 27.7 Å². The molecular weight excluding hydrogens is 318 g/mol. The number of anilines is 1. The number of aromatic nitrogens is 1. The second-order valence-electron chi connectivity index (χ2n) is 6.08. The smallest absolute Gasteiger partial charge is 0.341 e. The van der Waals surface area contributed by atoms with Crippen molar-refractivity contribution in [1.82, 2.24) is 4.98 Å². The van der Waals surface area contributed by atoms with Gasteiger partial charge in [-0.05, 0) is 31.9 Å². The highest BCUT2D eigenvalue weighted by Crippen LogP contribution is 2.33. The monoisotopic (exact) mass is 339 g/mol. The molecule has 25 heavy (non-hydrogen) atoms. The lowest BCUT2D eigenvalue weighted by Crippen LogP contribution is -2.42. The van der Waals surface area contributed by atoms with Crippen molar-refractivity contribution in [3.63, 3.8) is 0 Å². The number of hydrogen-bond acceptors (Lipinski definition) is 6. The van der Waals surface area contributed by atoms with E-state index in [-0.39, 0.29) is 0 Å². The fourth-order valence-corrected chi connectivity index (χ4v) is 3.12. The summed E-state index contributed by atoms with van der Waals surface area (Å²) in [6.45, 7) is 7.60. The first-order chi connectivity index (χ1) is 12.1. The molecule has 0 aliphatic carbocycles. The molecule has 0 amide bonds. The molecule has 1 aromatic carbocycles. The van der Waals surface area contributed by atoms with Crippen LogP contribution in [0.5, 0.6) is 0 Å². The van der Waals surface area contributed by atoms with Crippen LogP contribution in [0.3, 0.4) is 0 Å². The number of aryl methyl sites for hydroxylation is 2. The first-order valence-electron chi connectivity index (χ1n) is 8.39. The van der Waals surface area contributed by atoms with Crippen molar-refractivity contribution in [2.75, 3.05) is 31.2 Å². The maximum Gasteiger partial charge on any atom is 0.341 e. The Bertz CT molecular complexity index is 857. The summed E-state index contributed by atoms with van der Waals surface area (Å²) in [6.07, 6.45) is 1.07. The fraction of sp³-hybridized carbons (Fsp3) is 0.421.